The van der Waals surface area contributed by atoms with Gasteiger partial charge in [0.05, 0.1) is 22.3 Å². The van der Waals surface area contributed by atoms with Crippen molar-refractivity contribution in [3.8, 4) is 22.6 Å². The Balaban J connectivity index is 1.43. The molecule has 0 spiro atoms. The Hall–Kier alpha value is -3.24. The van der Waals surface area contributed by atoms with Crippen LogP contribution in [-0.4, -0.2) is 102 Å². The van der Waals surface area contributed by atoms with E-state index in [1.165, 1.54) is 18.2 Å². The Bertz CT molecular complexity index is 1380. The Labute approximate surface area is 244 Å². The molecule has 2 aromatic rings. The monoisotopic (exact) mass is 586 g/mol. The summed E-state index contributed by atoms with van der Waals surface area (Å²) in [6.45, 7) is 8.99. The van der Waals surface area contributed by atoms with Crippen LogP contribution in [0.15, 0.2) is 24.3 Å². The molecule has 4 heterocycles. The number of amides is 2. The highest BCUT2D eigenvalue weighted by Gasteiger charge is 2.45. The summed E-state index contributed by atoms with van der Waals surface area (Å²) in [7, 11) is 2.09. The number of phenols is 1. The predicted octanol–water partition coefficient (Wildman–Crippen LogP) is 4.45. The number of aromatic hydroxyl groups is 1. The summed E-state index contributed by atoms with van der Waals surface area (Å²) < 4.78 is 27.0. The first-order valence-corrected chi connectivity index (χ1v) is 14.5. The highest BCUT2D eigenvalue weighted by atomic mass is 35.5. The largest absolute Gasteiger partial charge is 0.507 e. The number of hydrogen-bond acceptors (Lipinski definition) is 7. The molecule has 2 aromatic carbocycles. The number of carbonyl (C=O) groups excluding carboxylic acids is 2. The van der Waals surface area contributed by atoms with Crippen molar-refractivity contribution in [2.75, 3.05) is 57.8 Å². The lowest BCUT2D eigenvalue weighted by molar-refractivity contribution is 0.000956. The number of benzene rings is 2. The molecular formula is C30H36ClFN4O5. The number of fused-ring (bicyclic) bond motifs is 3. The van der Waals surface area contributed by atoms with Crippen LogP contribution >= 0.6 is 11.6 Å². The minimum atomic E-state index is -0.640. The number of likely N-dealkylation sites (N-methyl/N-ethyl adjacent to an activating group) is 1. The normalized spacial score (nSPS) is 24.5. The van der Waals surface area contributed by atoms with Crippen LogP contribution in [0.2, 0.25) is 5.02 Å². The van der Waals surface area contributed by atoms with Gasteiger partial charge in [-0.1, -0.05) is 17.7 Å². The minimum absolute atomic E-state index is 0.0324. The van der Waals surface area contributed by atoms with E-state index in [1.807, 2.05) is 20.8 Å². The maximum atomic E-state index is 15.2. The maximum Gasteiger partial charge on any atom is 0.410 e. The molecule has 220 valence electrons. The second kappa shape index (κ2) is 10.2. The van der Waals surface area contributed by atoms with Gasteiger partial charge in [0.1, 0.15) is 29.3 Å². The van der Waals surface area contributed by atoms with E-state index < -0.39 is 23.6 Å². The van der Waals surface area contributed by atoms with Crippen LogP contribution in [-0.2, 0) is 4.74 Å². The average molecular weight is 587 g/mol. The molecule has 3 atom stereocenters. The zero-order chi connectivity index (χ0) is 29.2. The van der Waals surface area contributed by atoms with E-state index in [0.29, 0.717) is 30.3 Å². The molecular weight excluding hydrogens is 551 g/mol. The maximum absolute atomic E-state index is 15.2. The van der Waals surface area contributed by atoms with Crippen molar-refractivity contribution in [2.45, 2.75) is 44.9 Å². The van der Waals surface area contributed by atoms with Crippen molar-refractivity contribution >= 4 is 29.3 Å². The topological polar surface area (TPSA) is 85.8 Å². The number of nitrogens with zero attached hydrogens (tertiary/aromatic N) is 4. The van der Waals surface area contributed by atoms with Gasteiger partial charge >= 0.3 is 6.09 Å². The van der Waals surface area contributed by atoms with Crippen LogP contribution < -0.4 is 9.64 Å². The van der Waals surface area contributed by atoms with Gasteiger partial charge in [0, 0.05) is 50.9 Å². The number of likely N-dealkylation sites (tertiary alicyclic amines) is 1. The van der Waals surface area contributed by atoms with Gasteiger partial charge < -0.3 is 34.2 Å². The van der Waals surface area contributed by atoms with Crippen LogP contribution in [0.1, 0.15) is 37.6 Å². The summed E-state index contributed by atoms with van der Waals surface area (Å²) in [5, 5.41) is 10.7. The second-order valence-electron chi connectivity index (χ2n) is 12.5. The van der Waals surface area contributed by atoms with Gasteiger partial charge in [-0.25, -0.2) is 9.18 Å². The van der Waals surface area contributed by atoms with Gasteiger partial charge in [0.25, 0.3) is 5.91 Å². The lowest BCUT2D eigenvalue weighted by Gasteiger charge is -2.40. The average Bonchev–Trinajstić information content (AvgIpc) is 3.41. The van der Waals surface area contributed by atoms with Gasteiger partial charge in [-0.15, -0.1) is 0 Å². The minimum Gasteiger partial charge on any atom is -0.507 e. The molecule has 0 radical (unpaired) electrons. The van der Waals surface area contributed by atoms with E-state index in [9.17, 15) is 14.7 Å². The molecule has 6 rings (SSSR count). The number of piperazine rings is 1. The Morgan fingerprint density at radius 1 is 1.12 bits per heavy atom. The van der Waals surface area contributed by atoms with Crippen LogP contribution in [0.4, 0.5) is 14.9 Å². The van der Waals surface area contributed by atoms with Gasteiger partial charge in [0.15, 0.2) is 5.75 Å². The number of hydrogen-bond donors (Lipinski definition) is 1. The fourth-order valence-corrected chi connectivity index (χ4v) is 7.00. The van der Waals surface area contributed by atoms with Gasteiger partial charge in [-0.3, -0.25) is 4.79 Å². The SMILES string of the molecule is CN1CC2CCN(c3cc(-c4c(O)cccc4F)c(Cl)c4c3C(=O)N3CCN(C(=O)OC(C)(C)C)C[C@@H]3CO4)C2C1. The molecule has 0 saturated carbocycles. The molecule has 3 saturated heterocycles. The molecule has 4 aliphatic rings. The summed E-state index contributed by atoms with van der Waals surface area (Å²) >= 11 is 6.92. The van der Waals surface area contributed by atoms with E-state index >= 15 is 4.39 Å². The summed E-state index contributed by atoms with van der Waals surface area (Å²) in [5.74, 6) is -0.475. The number of carbonyl (C=O) groups is 2. The summed E-state index contributed by atoms with van der Waals surface area (Å²) in [6, 6.07) is 5.61. The van der Waals surface area contributed by atoms with Crippen molar-refractivity contribution in [2.24, 2.45) is 5.92 Å². The number of anilines is 1. The summed E-state index contributed by atoms with van der Waals surface area (Å²) in [4.78, 5) is 35.0. The molecule has 1 N–H and O–H groups in total. The molecule has 0 bridgehead atoms. The van der Waals surface area contributed by atoms with Crippen molar-refractivity contribution in [3.05, 3.63) is 40.7 Å². The first-order valence-electron chi connectivity index (χ1n) is 14.1. The van der Waals surface area contributed by atoms with Crippen LogP contribution in [0, 0.1) is 11.7 Å². The zero-order valence-electron chi connectivity index (χ0n) is 23.8. The number of ether oxygens (including phenoxy) is 2. The summed E-state index contributed by atoms with van der Waals surface area (Å²) in [6.07, 6.45) is 0.537. The molecule has 41 heavy (non-hydrogen) atoms. The smallest absolute Gasteiger partial charge is 0.410 e. The Morgan fingerprint density at radius 3 is 2.63 bits per heavy atom. The van der Waals surface area contributed by atoms with Gasteiger partial charge in [0.2, 0.25) is 0 Å². The molecule has 4 aliphatic heterocycles. The Morgan fingerprint density at radius 2 is 1.90 bits per heavy atom. The van der Waals surface area contributed by atoms with Crippen LogP contribution in [0.5, 0.6) is 11.5 Å². The second-order valence-corrected chi connectivity index (χ2v) is 12.9. The third-order valence-corrected chi connectivity index (χ3v) is 8.91. The van der Waals surface area contributed by atoms with Gasteiger partial charge in [-0.2, -0.15) is 0 Å². The fourth-order valence-electron chi connectivity index (χ4n) is 6.70. The highest BCUT2D eigenvalue weighted by molar-refractivity contribution is 6.36. The number of halogens is 2. The Kier molecular flexibility index (Phi) is 6.97. The van der Waals surface area contributed by atoms with E-state index in [4.69, 9.17) is 21.1 Å². The van der Waals surface area contributed by atoms with Crippen LogP contribution in [0.3, 0.4) is 0 Å². The molecule has 11 heteroatoms. The van der Waals surface area contributed by atoms with Crippen molar-refractivity contribution < 1.29 is 28.6 Å². The lowest BCUT2D eigenvalue weighted by Crippen LogP contribution is -2.58. The summed E-state index contributed by atoms with van der Waals surface area (Å²) in [5.41, 5.74) is 0.575. The van der Waals surface area contributed by atoms with E-state index in [1.54, 1.807) is 15.9 Å². The van der Waals surface area contributed by atoms with Gasteiger partial charge in [-0.05, 0) is 58.4 Å². The number of rotatable bonds is 2. The molecule has 3 fully saturated rings. The van der Waals surface area contributed by atoms with E-state index in [0.717, 1.165) is 26.1 Å². The standard InChI is InChI=1S/C30H36ClFN4O5/c1-30(2,3)41-29(39)34-10-11-35-18(14-34)16-40-27-25(28(35)38)21(36-9-8-17-13-33(4)15-22(17)36)12-19(26(27)31)24-20(32)6-5-7-23(24)37/h5-7,12,17-18,22,37H,8-11,13-16H2,1-4H3/t17?,18-,22?/m1/s1. The fraction of sp³-hybridized carbons (Fsp3) is 0.533. The van der Waals surface area contributed by atoms with E-state index in [2.05, 4.69) is 16.8 Å². The molecule has 2 unspecified atom stereocenters. The van der Waals surface area contributed by atoms with Crippen molar-refractivity contribution in [1.82, 2.24) is 14.7 Å². The van der Waals surface area contributed by atoms with Crippen LogP contribution in [0.25, 0.3) is 11.1 Å². The molecule has 2 amide bonds. The zero-order valence-corrected chi connectivity index (χ0v) is 24.6. The first kappa shape index (κ1) is 27.9. The third kappa shape index (κ3) is 4.95. The lowest BCUT2D eigenvalue weighted by atomic mass is 9.97. The first-order chi connectivity index (χ1) is 19.4. The number of phenolic OH excluding ortho intramolecular Hbond substituents is 1. The molecule has 9 nitrogen and oxygen atoms in total. The van der Waals surface area contributed by atoms with Crippen molar-refractivity contribution in [1.29, 1.82) is 0 Å². The highest BCUT2D eigenvalue weighted by Crippen LogP contribution is 2.49. The predicted molar refractivity (Wildman–Crippen MR) is 153 cm³/mol. The molecule has 0 aromatic heterocycles. The quantitative estimate of drug-likeness (QED) is 0.557. The third-order valence-electron chi connectivity index (χ3n) is 8.53. The van der Waals surface area contributed by atoms with E-state index in [-0.39, 0.29) is 52.7 Å². The molecule has 0 aliphatic carbocycles. The van der Waals surface area contributed by atoms with Crippen molar-refractivity contribution in [3.63, 3.8) is 0 Å².